The van der Waals surface area contributed by atoms with Gasteiger partial charge in [0, 0.05) is 17.9 Å². The molecule has 3 rings (SSSR count). The summed E-state index contributed by atoms with van der Waals surface area (Å²) in [6, 6.07) is 13.1. The summed E-state index contributed by atoms with van der Waals surface area (Å²) in [5, 5.41) is 15.3. The number of rotatable bonds is 4. The summed E-state index contributed by atoms with van der Waals surface area (Å²) in [5.74, 6) is -0.144. The highest BCUT2D eigenvalue weighted by Gasteiger charge is 2.18. The number of anilines is 2. The Labute approximate surface area is 135 Å². The van der Waals surface area contributed by atoms with Gasteiger partial charge in [-0.25, -0.2) is 0 Å². The van der Waals surface area contributed by atoms with E-state index in [1.807, 2.05) is 18.2 Å². The fraction of sp³-hybridized carbons (Fsp3) is 0.278. The number of hydrogen-bond donors (Lipinski definition) is 2. The summed E-state index contributed by atoms with van der Waals surface area (Å²) < 4.78 is 0. The van der Waals surface area contributed by atoms with Crippen molar-refractivity contribution < 1.29 is 4.79 Å². The van der Waals surface area contributed by atoms with Gasteiger partial charge in [0.25, 0.3) is 5.91 Å². The Bertz CT molecular complexity index is 745. The summed E-state index contributed by atoms with van der Waals surface area (Å²) >= 11 is 0. The van der Waals surface area contributed by atoms with Crippen molar-refractivity contribution in [3.05, 3.63) is 53.9 Å². The van der Waals surface area contributed by atoms with Gasteiger partial charge in [-0.3, -0.25) is 9.78 Å². The van der Waals surface area contributed by atoms with Crippen molar-refractivity contribution in [3.63, 3.8) is 0 Å². The molecule has 0 aliphatic heterocycles. The number of hydrogen-bond acceptors (Lipinski definition) is 4. The van der Waals surface area contributed by atoms with E-state index < -0.39 is 0 Å². The number of carbonyl (C=O) groups is 1. The molecular formula is C18H18N4O. The van der Waals surface area contributed by atoms with Crippen LogP contribution in [-0.2, 0) is 0 Å². The fourth-order valence-corrected chi connectivity index (χ4v) is 2.81. The predicted octanol–water partition coefficient (Wildman–Crippen LogP) is 3.37. The van der Waals surface area contributed by atoms with E-state index in [4.69, 9.17) is 5.26 Å². The van der Waals surface area contributed by atoms with Crippen LogP contribution in [0.4, 0.5) is 11.4 Å². The molecule has 0 bridgehead atoms. The number of amides is 1. The Hall–Kier alpha value is -2.87. The number of aromatic nitrogens is 1. The Balaban J connectivity index is 1.74. The standard InChI is InChI=1S/C18H18N4O/c19-12-13-5-1-4-8-16(13)21-15-9-10-20-17(11-15)18(23)22-14-6-2-3-7-14/h1,4-5,8-11,14H,2-3,6-7H2,(H,20,21)(H,22,23). The quantitative estimate of drug-likeness (QED) is 0.908. The van der Waals surface area contributed by atoms with Crippen molar-refractivity contribution in [1.82, 2.24) is 10.3 Å². The molecule has 23 heavy (non-hydrogen) atoms. The molecule has 1 fully saturated rings. The number of benzene rings is 1. The first kappa shape index (κ1) is 15.0. The van der Waals surface area contributed by atoms with Gasteiger partial charge in [-0.1, -0.05) is 25.0 Å². The van der Waals surface area contributed by atoms with Crippen LogP contribution in [0.1, 0.15) is 41.7 Å². The van der Waals surface area contributed by atoms with Crippen LogP contribution in [0.25, 0.3) is 0 Å². The van der Waals surface area contributed by atoms with Gasteiger partial charge in [0.2, 0.25) is 0 Å². The van der Waals surface area contributed by atoms with Crippen molar-refractivity contribution in [2.45, 2.75) is 31.7 Å². The SMILES string of the molecule is N#Cc1ccccc1Nc1ccnc(C(=O)NC2CCCC2)c1. The fourth-order valence-electron chi connectivity index (χ4n) is 2.81. The number of pyridine rings is 1. The molecule has 0 spiro atoms. The summed E-state index contributed by atoms with van der Waals surface area (Å²) in [4.78, 5) is 16.4. The van der Waals surface area contributed by atoms with Crippen LogP contribution in [0.3, 0.4) is 0 Å². The second-order valence-corrected chi connectivity index (χ2v) is 5.67. The minimum Gasteiger partial charge on any atom is -0.354 e. The van der Waals surface area contributed by atoms with Gasteiger partial charge < -0.3 is 10.6 Å². The maximum atomic E-state index is 12.3. The molecule has 0 atom stereocenters. The number of carbonyl (C=O) groups excluding carboxylic acids is 1. The highest BCUT2D eigenvalue weighted by atomic mass is 16.1. The van der Waals surface area contributed by atoms with Crippen LogP contribution in [0.2, 0.25) is 0 Å². The zero-order chi connectivity index (χ0) is 16.1. The Morgan fingerprint density at radius 2 is 2.00 bits per heavy atom. The van der Waals surface area contributed by atoms with Gasteiger partial charge in [0.05, 0.1) is 11.3 Å². The first-order valence-electron chi connectivity index (χ1n) is 7.79. The van der Waals surface area contributed by atoms with Gasteiger partial charge in [-0.05, 0) is 37.1 Å². The lowest BCUT2D eigenvalue weighted by atomic mass is 10.2. The van der Waals surface area contributed by atoms with Crippen molar-refractivity contribution >= 4 is 17.3 Å². The molecule has 1 heterocycles. The topological polar surface area (TPSA) is 77.8 Å². The van der Waals surface area contributed by atoms with Gasteiger partial charge >= 0.3 is 0 Å². The van der Waals surface area contributed by atoms with E-state index >= 15 is 0 Å². The maximum Gasteiger partial charge on any atom is 0.270 e. The van der Waals surface area contributed by atoms with Gasteiger partial charge in [0.1, 0.15) is 11.8 Å². The van der Waals surface area contributed by atoms with Gasteiger partial charge in [-0.15, -0.1) is 0 Å². The molecule has 5 nitrogen and oxygen atoms in total. The second-order valence-electron chi connectivity index (χ2n) is 5.67. The molecule has 2 N–H and O–H groups in total. The zero-order valence-corrected chi connectivity index (χ0v) is 12.7. The average Bonchev–Trinajstić information content (AvgIpc) is 3.08. The van der Waals surface area contributed by atoms with Crippen LogP contribution in [0.5, 0.6) is 0 Å². The summed E-state index contributed by atoms with van der Waals surface area (Å²) in [6.45, 7) is 0. The van der Waals surface area contributed by atoms with Crippen LogP contribution < -0.4 is 10.6 Å². The zero-order valence-electron chi connectivity index (χ0n) is 12.7. The molecule has 1 aliphatic carbocycles. The minimum absolute atomic E-state index is 0.144. The lowest BCUT2D eigenvalue weighted by molar-refractivity contribution is 0.0933. The van der Waals surface area contributed by atoms with Crippen LogP contribution >= 0.6 is 0 Å². The molecule has 1 aliphatic rings. The molecule has 1 saturated carbocycles. The van der Waals surface area contributed by atoms with Crippen molar-refractivity contribution in [2.75, 3.05) is 5.32 Å². The van der Waals surface area contributed by atoms with E-state index in [9.17, 15) is 4.79 Å². The summed E-state index contributed by atoms with van der Waals surface area (Å²) in [7, 11) is 0. The molecule has 5 heteroatoms. The number of nitrogens with one attached hydrogen (secondary N) is 2. The molecular weight excluding hydrogens is 288 g/mol. The van der Waals surface area contributed by atoms with Crippen molar-refractivity contribution in [3.8, 4) is 6.07 Å². The third-order valence-corrected chi connectivity index (χ3v) is 4.01. The van der Waals surface area contributed by atoms with Gasteiger partial charge in [0.15, 0.2) is 0 Å². The summed E-state index contributed by atoms with van der Waals surface area (Å²) in [5.41, 5.74) is 2.39. The normalized spacial score (nSPS) is 14.2. The predicted molar refractivity (Wildman–Crippen MR) is 88.4 cm³/mol. The van der Waals surface area contributed by atoms with E-state index in [-0.39, 0.29) is 11.9 Å². The Kier molecular flexibility index (Phi) is 4.53. The largest absolute Gasteiger partial charge is 0.354 e. The first-order chi connectivity index (χ1) is 11.3. The molecule has 0 saturated heterocycles. The number of nitrogens with zero attached hydrogens (tertiary/aromatic N) is 2. The average molecular weight is 306 g/mol. The molecule has 1 aromatic carbocycles. The highest BCUT2D eigenvalue weighted by Crippen LogP contribution is 2.21. The molecule has 2 aromatic rings. The Morgan fingerprint density at radius 1 is 1.22 bits per heavy atom. The van der Waals surface area contributed by atoms with Crippen LogP contribution in [-0.4, -0.2) is 16.9 Å². The van der Waals surface area contributed by atoms with Crippen molar-refractivity contribution in [2.24, 2.45) is 0 Å². The maximum absolute atomic E-state index is 12.3. The van der Waals surface area contributed by atoms with E-state index in [1.165, 1.54) is 12.8 Å². The molecule has 0 radical (unpaired) electrons. The molecule has 116 valence electrons. The van der Waals surface area contributed by atoms with E-state index in [1.54, 1.807) is 24.4 Å². The minimum atomic E-state index is -0.144. The van der Waals surface area contributed by atoms with Gasteiger partial charge in [-0.2, -0.15) is 5.26 Å². The highest BCUT2D eigenvalue weighted by molar-refractivity contribution is 5.93. The smallest absolute Gasteiger partial charge is 0.270 e. The molecule has 1 amide bonds. The second kappa shape index (κ2) is 6.93. The monoisotopic (exact) mass is 306 g/mol. The Morgan fingerprint density at radius 3 is 2.78 bits per heavy atom. The van der Waals surface area contributed by atoms with Crippen LogP contribution in [0.15, 0.2) is 42.6 Å². The number of nitriles is 1. The molecule has 0 unspecified atom stereocenters. The van der Waals surface area contributed by atoms with E-state index in [0.717, 1.165) is 18.5 Å². The number of para-hydroxylation sites is 1. The summed E-state index contributed by atoms with van der Waals surface area (Å²) in [6.07, 6.45) is 6.02. The van der Waals surface area contributed by atoms with Crippen LogP contribution in [0, 0.1) is 11.3 Å². The third kappa shape index (κ3) is 3.67. The molecule has 1 aromatic heterocycles. The van der Waals surface area contributed by atoms with E-state index in [2.05, 4.69) is 21.7 Å². The lowest BCUT2D eigenvalue weighted by Gasteiger charge is -2.12. The first-order valence-corrected chi connectivity index (χ1v) is 7.79. The van der Waals surface area contributed by atoms with E-state index in [0.29, 0.717) is 16.9 Å². The van der Waals surface area contributed by atoms with Crippen molar-refractivity contribution in [1.29, 1.82) is 5.26 Å². The third-order valence-electron chi connectivity index (χ3n) is 4.01. The lowest BCUT2D eigenvalue weighted by Crippen LogP contribution is -2.33.